The number of anilines is 2. The molecule has 2 aromatic rings. The van der Waals surface area contributed by atoms with Crippen LogP contribution in [-0.4, -0.2) is 29.7 Å². The van der Waals surface area contributed by atoms with Crippen molar-refractivity contribution in [2.24, 2.45) is 4.99 Å². The maximum atomic E-state index is 12.4. The van der Waals surface area contributed by atoms with Crippen LogP contribution in [0.3, 0.4) is 0 Å². The molecule has 2 aliphatic rings. The zero-order valence-electron chi connectivity index (χ0n) is 17.5. The summed E-state index contributed by atoms with van der Waals surface area (Å²) in [5.41, 5.74) is 2.32. The predicted octanol–water partition coefficient (Wildman–Crippen LogP) is 4.43. The fraction of sp³-hybridized carbons (Fsp3) is 0.261. The van der Waals surface area contributed by atoms with Crippen molar-refractivity contribution in [1.29, 1.82) is 0 Å². The number of allylic oxidation sites excluding steroid dienone is 3. The molecule has 0 saturated carbocycles. The van der Waals surface area contributed by atoms with Crippen LogP contribution >= 0.6 is 0 Å². The maximum Gasteiger partial charge on any atom is 0.324 e. The van der Waals surface area contributed by atoms with Crippen LogP contribution in [0.2, 0.25) is 0 Å². The lowest BCUT2D eigenvalue weighted by atomic mass is 10.2. The van der Waals surface area contributed by atoms with Gasteiger partial charge in [-0.3, -0.25) is 10.3 Å². The van der Waals surface area contributed by atoms with E-state index in [4.69, 9.17) is 9.47 Å². The molecule has 160 valence electrons. The van der Waals surface area contributed by atoms with Crippen LogP contribution in [0.15, 0.2) is 65.3 Å². The third-order valence-corrected chi connectivity index (χ3v) is 4.78. The summed E-state index contributed by atoms with van der Waals surface area (Å²) in [5, 5.41) is 8.86. The maximum absolute atomic E-state index is 12.4. The van der Waals surface area contributed by atoms with E-state index in [1.54, 1.807) is 24.3 Å². The Bertz CT molecular complexity index is 1060. The van der Waals surface area contributed by atoms with Crippen LogP contribution in [0.1, 0.15) is 32.4 Å². The zero-order valence-corrected chi connectivity index (χ0v) is 17.5. The van der Waals surface area contributed by atoms with Crippen molar-refractivity contribution in [2.75, 3.05) is 17.4 Å². The largest absolute Gasteiger partial charge is 0.454 e. The monoisotopic (exact) mass is 419 g/mol. The highest BCUT2D eigenvalue weighted by Crippen LogP contribution is 2.34. The topological polar surface area (TPSA) is 96.9 Å². The van der Waals surface area contributed by atoms with Crippen LogP contribution in [0.5, 0.6) is 11.5 Å². The normalized spacial score (nSPS) is 18.2. The van der Waals surface area contributed by atoms with Crippen molar-refractivity contribution in [3.63, 3.8) is 0 Å². The molecule has 31 heavy (non-hydrogen) atoms. The van der Waals surface area contributed by atoms with Crippen molar-refractivity contribution in [1.82, 2.24) is 10.3 Å². The molecule has 0 bridgehead atoms. The van der Waals surface area contributed by atoms with E-state index in [1.165, 1.54) is 0 Å². The Balaban J connectivity index is 1.39. The van der Waals surface area contributed by atoms with E-state index >= 15 is 0 Å². The molecule has 2 amide bonds. The lowest BCUT2D eigenvalue weighted by Crippen LogP contribution is -2.23. The number of hydrogen-bond donors (Lipinski definition) is 3. The first-order valence-corrected chi connectivity index (χ1v) is 10.3. The number of carbonyl (C=O) groups excluding carboxylic acids is 1. The summed E-state index contributed by atoms with van der Waals surface area (Å²) < 4.78 is 10.6. The van der Waals surface area contributed by atoms with Gasteiger partial charge in [0.15, 0.2) is 17.3 Å². The minimum atomic E-state index is -0.401. The molecule has 0 spiro atoms. The summed E-state index contributed by atoms with van der Waals surface area (Å²) in [7, 11) is 0. The first kappa shape index (κ1) is 20.5. The number of amides is 2. The summed E-state index contributed by atoms with van der Waals surface area (Å²) in [6.07, 6.45) is 8.30. The fourth-order valence-electron chi connectivity index (χ4n) is 3.24. The molecule has 1 unspecified atom stereocenters. The molecule has 4 rings (SSSR count). The average Bonchev–Trinajstić information content (AvgIpc) is 3.37. The van der Waals surface area contributed by atoms with Crippen molar-refractivity contribution in [3.8, 4) is 11.5 Å². The number of nitrogens with one attached hydrogen (secondary N) is 3. The second-order valence-corrected chi connectivity index (χ2v) is 7.11. The number of pyridine rings is 1. The molecule has 1 aromatic carbocycles. The van der Waals surface area contributed by atoms with Gasteiger partial charge in [0.05, 0.1) is 6.04 Å². The number of urea groups is 1. The number of carbonyl (C=O) groups is 1. The van der Waals surface area contributed by atoms with Gasteiger partial charge in [-0.1, -0.05) is 31.2 Å². The number of aliphatic imine (C=N–C) groups is 1. The second kappa shape index (κ2) is 9.34. The molecule has 0 aliphatic carbocycles. The summed E-state index contributed by atoms with van der Waals surface area (Å²) in [4.78, 5) is 21.6. The number of amidine groups is 1. The molecule has 8 heteroatoms. The number of rotatable bonds is 6. The lowest BCUT2D eigenvalue weighted by molar-refractivity contribution is 0.174. The zero-order chi connectivity index (χ0) is 21.6. The van der Waals surface area contributed by atoms with E-state index in [-0.39, 0.29) is 12.8 Å². The smallest absolute Gasteiger partial charge is 0.324 e. The van der Waals surface area contributed by atoms with Gasteiger partial charge in [-0.05, 0) is 44.0 Å². The van der Waals surface area contributed by atoms with Crippen molar-refractivity contribution < 1.29 is 14.3 Å². The molecule has 8 nitrogen and oxygen atoms in total. The van der Waals surface area contributed by atoms with Gasteiger partial charge in [0, 0.05) is 17.5 Å². The van der Waals surface area contributed by atoms with E-state index in [9.17, 15) is 4.79 Å². The van der Waals surface area contributed by atoms with Gasteiger partial charge in [0.25, 0.3) is 0 Å². The SMILES string of the molecule is CC/C=C\C/C=C1/NC(c2cccc(NC(=O)Nc3ccc4c(c3)OCO4)n2)=NC1C. The van der Waals surface area contributed by atoms with Crippen molar-refractivity contribution in [3.05, 3.63) is 66.0 Å². The third kappa shape index (κ3) is 5.03. The average molecular weight is 419 g/mol. The van der Waals surface area contributed by atoms with E-state index in [1.807, 2.05) is 19.1 Å². The molecular formula is C23H25N5O3. The van der Waals surface area contributed by atoms with Crippen molar-refractivity contribution in [2.45, 2.75) is 32.7 Å². The fourth-order valence-corrected chi connectivity index (χ4v) is 3.24. The summed E-state index contributed by atoms with van der Waals surface area (Å²) >= 11 is 0. The highest BCUT2D eigenvalue weighted by Gasteiger charge is 2.20. The summed E-state index contributed by atoms with van der Waals surface area (Å²) in [6, 6.07) is 10.3. The third-order valence-electron chi connectivity index (χ3n) is 4.78. The Kier molecular flexibility index (Phi) is 6.16. The predicted molar refractivity (Wildman–Crippen MR) is 121 cm³/mol. The minimum absolute atomic E-state index is 0.0396. The van der Waals surface area contributed by atoms with Gasteiger partial charge in [0.2, 0.25) is 6.79 Å². The van der Waals surface area contributed by atoms with E-state index in [0.717, 1.165) is 18.5 Å². The molecule has 1 aromatic heterocycles. The van der Waals surface area contributed by atoms with Crippen LogP contribution < -0.4 is 25.4 Å². The van der Waals surface area contributed by atoms with Crippen molar-refractivity contribution >= 4 is 23.4 Å². The lowest BCUT2D eigenvalue weighted by Gasteiger charge is -2.09. The van der Waals surface area contributed by atoms with Crippen LogP contribution in [0, 0.1) is 0 Å². The Morgan fingerprint density at radius 1 is 1.19 bits per heavy atom. The molecule has 2 aliphatic heterocycles. The number of ether oxygens (including phenoxy) is 2. The molecule has 3 N–H and O–H groups in total. The summed E-state index contributed by atoms with van der Waals surface area (Å²) in [5.74, 6) is 2.38. The summed E-state index contributed by atoms with van der Waals surface area (Å²) in [6.45, 7) is 4.34. The van der Waals surface area contributed by atoms with Gasteiger partial charge >= 0.3 is 6.03 Å². The molecule has 0 saturated heterocycles. The Morgan fingerprint density at radius 3 is 2.94 bits per heavy atom. The molecule has 1 atom stereocenters. The van der Waals surface area contributed by atoms with E-state index < -0.39 is 6.03 Å². The molecule has 0 radical (unpaired) electrons. The van der Waals surface area contributed by atoms with Crippen LogP contribution in [0.4, 0.5) is 16.3 Å². The Morgan fingerprint density at radius 2 is 2.06 bits per heavy atom. The molecule has 0 fully saturated rings. The Hall–Kier alpha value is -3.81. The first-order valence-electron chi connectivity index (χ1n) is 10.3. The molecular weight excluding hydrogens is 394 g/mol. The van der Waals surface area contributed by atoms with Gasteiger partial charge in [-0.2, -0.15) is 0 Å². The van der Waals surface area contributed by atoms with E-state index in [0.29, 0.717) is 34.5 Å². The van der Waals surface area contributed by atoms with Gasteiger partial charge in [0.1, 0.15) is 11.5 Å². The first-order chi connectivity index (χ1) is 15.1. The molecule has 3 heterocycles. The number of hydrogen-bond acceptors (Lipinski definition) is 6. The second-order valence-electron chi connectivity index (χ2n) is 7.11. The number of nitrogens with zero attached hydrogens (tertiary/aromatic N) is 2. The van der Waals surface area contributed by atoms with Crippen LogP contribution in [-0.2, 0) is 0 Å². The number of aromatic nitrogens is 1. The van der Waals surface area contributed by atoms with Gasteiger partial charge in [-0.15, -0.1) is 0 Å². The standard InChI is InChI=1S/C23H25N5O3/c1-3-4-5-6-8-17-15(2)24-22(27-17)18-9-7-10-21(26-18)28-23(29)25-16-11-12-19-20(13-16)31-14-30-19/h4-5,7-13,15H,3,6,14H2,1-2H3,(H,24,27)(H2,25,26,28,29)/b5-4-,17-8+. The number of fused-ring (bicyclic) bond motifs is 1. The van der Waals surface area contributed by atoms with Gasteiger partial charge in [-0.25, -0.2) is 9.78 Å². The quantitative estimate of drug-likeness (QED) is 0.602. The number of benzene rings is 1. The van der Waals surface area contributed by atoms with Gasteiger partial charge < -0.3 is 20.1 Å². The van der Waals surface area contributed by atoms with E-state index in [2.05, 4.69) is 51.1 Å². The van der Waals surface area contributed by atoms with Crippen LogP contribution in [0.25, 0.3) is 0 Å². The highest BCUT2D eigenvalue weighted by molar-refractivity contribution is 6.02. The highest BCUT2D eigenvalue weighted by atomic mass is 16.7. The Labute approximate surface area is 181 Å². The minimum Gasteiger partial charge on any atom is -0.454 e.